The Morgan fingerprint density at radius 1 is 0.857 bits per heavy atom. The number of aliphatic hydroxyl groups excluding tert-OH is 1. The van der Waals surface area contributed by atoms with Crippen molar-refractivity contribution in [1.29, 1.82) is 0 Å². The Kier molecular flexibility index (Phi) is 7.85. The minimum atomic E-state index is -0.483. The normalized spacial score (nSPS) is 16.9. The average molecular weight is 304 g/mol. The van der Waals surface area contributed by atoms with Gasteiger partial charge in [0.2, 0.25) is 0 Å². The summed E-state index contributed by atoms with van der Waals surface area (Å²) >= 11 is 0. The Morgan fingerprint density at radius 2 is 1.38 bits per heavy atom. The molecule has 0 aliphatic heterocycles. The minimum absolute atomic E-state index is 0.0171. The average Bonchev–Trinajstić information content (AvgIpc) is 2.19. The molecule has 0 heterocycles. The molecular formula is C17H36O4. The van der Waals surface area contributed by atoms with Crippen LogP contribution in [0.2, 0.25) is 0 Å². The van der Waals surface area contributed by atoms with Crippen molar-refractivity contribution < 1.29 is 19.3 Å². The van der Waals surface area contributed by atoms with Crippen LogP contribution in [0.1, 0.15) is 68.7 Å². The van der Waals surface area contributed by atoms with Gasteiger partial charge in [-0.2, -0.15) is 0 Å². The van der Waals surface area contributed by atoms with Crippen molar-refractivity contribution in [1.82, 2.24) is 0 Å². The van der Waals surface area contributed by atoms with E-state index in [1.807, 2.05) is 41.5 Å². The zero-order chi connectivity index (χ0) is 16.9. The van der Waals surface area contributed by atoms with Gasteiger partial charge in [-0.25, -0.2) is 0 Å². The summed E-state index contributed by atoms with van der Waals surface area (Å²) in [5.74, 6) is 0. The first-order valence-corrected chi connectivity index (χ1v) is 7.80. The molecule has 0 radical (unpaired) electrons. The largest absolute Gasteiger partial charge is 0.394 e. The second-order valence-corrected chi connectivity index (χ2v) is 8.79. The van der Waals surface area contributed by atoms with Gasteiger partial charge in [0, 0.05) is 0 Å². The lowest BCUT2D eigenvalue weighted by Crippen LogP contribution is -2.39. The zero-order valence-electron chi connectivity index (χ0n) is 15.4. The maximum atomic E-state index is 9.54. The van der Waals surface area contributed by atoms with Crippen LogP contribution in [0, 0.1) is 5.41 Å². The molecule has 0 aromatic rings. The van der Waals surface area contributed by atoms with Gasteiger partial charge >= 0.3 is 0 Å². The molecule has 0 rings (SSSR count). The van der Waals surface area contributed by atoms with E-state index in [0.29, 0.717) is 6.61 Å². The van der Waals surface area contributed by atoms with Crippen LogP contribution < -0.4 is 0 Å². The monoisotopic (exact) mass is 304 g/mol. The molecule has 0 aromatic heterocycles. The van der Waals surface area contributed by atoms with E-state index in [-0.39, 0.29) is 29.3 Å². The number of hydrogen-bond acceptors (Lipinski definition) is 4. The summed E-state index contributed by atoms with van der Waals surface area (Å²) in [4.78, 5) is 0. The standard InChI is InChI=1S/C17H36O4/c1-15(2,3)10-13(11-18)20-14(21-17(7,8)9)12-19-16(4,5)6/h13-14,18H,10-12H2,1-9H3. The third-order valence-electron chi connectivity index (χ3n) is 2.53. The van der Waals surface area contributed by atoms with Gasteiger partial charge in [0.15, 0.2) is 6.29 Å². The molecule has 4 nitrogen and oxygen atoms in total. The smallest absolute Gasteiger partial charge is 0.181 e. The van der Waals surface area contributed by atoms with Crippen molar-refractivity contribution in [2.45, 2.75) is 92.3 Å². The highest BCUT2D eigenvalue weighted by molar-refractivity contribution is 4.71. The molecule has 1 N–H and O–H groups in total. The second kappa shape index (κ2) is 7.91. The molecule has 0 saturated heterocycles. The summed E-state index contributed by atoms with van der Waals surface area (Å²) in [6.45, 7) is 18.7. The van der Waals surface area contributed by atoms with Crippen LogP contribution in [0.15, 0.2) is 0 Å². The maximum absolute atomic E-state index is 9.54. The fraction of sp³-hybridized carbons (Fsp3) is 1.00. The van der Waals surface area contributed by atoms with Crippen LogP contribution in [0.5, 0.6) is 0 Å². The van der Waals surface area contributed by atoms with Crippen molar-refractivity contribution in [3.05, 3.63) is 0 Å². The molecule has 0 amide bonds. The van der Waals surface area contributed by atoms with Crippen molar-refractivity contribution in [2.24, 2.45) is 5.41 Å². The van der Waals surface area contributed by atoms with Crippen LogP contribution in [0.3, 0.4) is 0 Å². The number of ether oxygens (including phenoxy) is 3. The lowest BCUT2D eigenvalue weighted by atomic mass is 9.89. The van der Waals surface area contributed by atoms with Gasteiger partial charge < -0.3 is 19.3 Å². The van der Waals surface area contributed by atoms with E-state index < -0.39 is 6.29 Å². The van der Waals surface area contributed by atoms with Crippen LogP contribution >= 0.6 is 0 Å². The van der Waals surface area contributed by atoms with E-state index in [9.17, 15) is 5.11 Å². The fourth-order valence-corrected chi connectivity index (χ4v) is 1.87. The van der Waals surface area contributed by atoms with Gasteiger partial charge in [0.25, 0.3) is 0 Å². The SMILES string of the molecule is CC(C)(C)CC(CO)OC(COC(C)(C)C)OC(C)(C)C. The number of rotatable bonds is 7. The van der Waals surface area contributed by atoms with E-state index in [1.54, 1.807) is 0 Å². The quantitative estimate of drug-likeness (QED) is 0.728. The Morgan fingerprint density at radius 3 is 1.71 bits per heavy atom. The first-order chi connectivity index (χ1) is 9.22. The predicted molar refractivity (Wildman–Crippen MR) is 86.4 cm³/mol. The summed E-state index contributed by atoms with van der Waals surface area (Å²) in [7, 11) is 0. The van der Waals surface area contributed by atoms with Gasteiger partial charge in [-0.3, -0.25) is 0 Å². The molecule has 2 unspecified atom stereocenters. The zero-order valence-corrected chi connectivity index (χ0v) is 15.4. The molecule has 0 bridgehead atoms. The van der Waals surface area contributed by atoms with Gasteiger partial charge in [-0.1, -0.05) is 20.8 Å². The predicted octanol–water partition coefficient (Wildman–Crippen LogP) is 3.76. The third-order valence-corrected chi connectivity index (χ3v) is 2.53. The van der Waals surface area contributed by atoms with Crippen LogP contribution in [-0.4, -0.2) is 41.9 Å². The highest BCUT2D eigenvalue weighted by atomic mass is 16.7. The maximum Gasteiger partial charge on any atom is 0.181 e. The molecule has 0 fully saturated rings. The summed E-state index contributed by atoms with van der Waals surface area (Å²) in [5, 5.41) is 9.54. The highest BCUT2D eigenvalue weighted by Gasteiger charge is 2.27. The van der Waals surface area contributed by atoms with Crippen LogP contribution in [0.25, 0.3) is 0 Å². The van der Waals surface area contributed by atoms with Gasteiger partial charge in [-0.15, -0.1) is 0 Å². The first-order valence-electron chi connectivity index (χ1n) is 7.80. The topological polar surface area (TPSA) is 47.9 Å². The third kappa shape index (κ3) is 13.2. The van der Waals surface area contributed by atoms with Crippen molar-refractivity contribution in [2.75, 3.05) is 13.2 Å². The molecule has 128 valence electrons. The molecule has 21 heavy (non-hydrogen) atoms. The molecule has 0 aromatic carbocycles. The lowest BCUT2D eigenvalue weighted by molar-refractivity contribution is -0.251. The Labute approximate surface area is 131 Å². The van der Waals surface area contributed by atoms with Crippen LogP contribution in [0.4, 0.5) is 0 Å². The van der Waals surface area contributed by atoms with E-state index in [1.165, 1.54) is 0 Å². The number of aliphatic hydroxyl groups is 1. The fourth-order valence-electron chi connectivity index (χ4n) is 1.87. The number of hydrogen-bond donors (Lipinski definition) is 1. The van der Waals surface area contributed by atoms with Crippen molar-refractivity contribution >= 4 is 0 Å². The van der Waals surface area contributed by atoms with Crippen molar-refractivity contribution in [3.63, 3.8) is 0 Å². The van der Waals surface area contributed by atoms with Crippen molar-refractivity contribution in [3.8, 4) is 0 Å². The van der Waals surface area contributed by atoms with Gasteiger partial charge in [-0.05, 0) is 53.4 Å². The Hall–Kier alpha value is -0.160. The van der Waals surface area contributed by atoms with E-state index in [4.69, 9.17) is 14.2 Å². The molecule has 0 aliphatic carbocycles. The molecule has 0 saturated carbocycles. The Balaban J connectivity index is 4.70. The first kappa shape index (κ1) is 20.8. The summed E-state index contributed by atoms with van der Waals surface area (Å²) in [6, 6.07) is 0. The minimum Gasteiger partial charge on any atom is -0.394 e. The highest BCUT2D eigenvalue weighted by Crippen LogP contribution is 2.24. The van der Waals surface area contributed by atoms with E-state index >= 15 is 0 Å². The van der Waals surface area contributed by atoms with Crippen LogP contribution in [-0.2, 0) is 14.2 Å². The summed E-state index contributed by atoms with van der Waals surface area (Å²) in [6.07, 6.45) is 0.0351. The lowest BCUT2D eigenvalue weighted by Gasteiger charge is -2.33. The molecule has 2 atom stereocenters. The summed E-state index contributed by atoms with van der Waals surface area (Å²) < 4.78 is 17.7. The van der Waals surface area contributed by atoms with Gasteiger partial charge in [0.1, 0.15) is 0 Å². The Bertz CT molecular complexity index is 281. The summed E-state index contributed by atoms with van der Waals surface area (Å²) in [5.41, 5.74) is -0.486. The molecule has 0 spiro atoms. The second-order valence-electron chi connectivity index (χ2n) is 8.79. The van der Waals surface area contributed by atoms with E-state index in [2.05, 4.69) is 20.8 Å². The molecular weight excluding hydrogens is 268 g/mol. The van der Waals surface area contributed by atoms with E-state index in [0.717, 1.165) is 6.42 Å². The molecule has 0 aliphatic rings. The van der Waals surface area contributed by atoms with Gasteiger partial charge in [0.05, 0.1) is 30.5 Å². The molecule has 4 heteroatoms.